The molecule has 0 N–H and O–H groups in total. The van der Waals surface area contributed by atoms with Crippen molar-refractivity contribution in [2.45, 2.75) is 38.9 Å². The van der Waals surface area contributed by atoms with Gasteiger partial charge in [-0.05, 0) is 99.5 Å². The van der Waals surface area contributed by atoms with E-state index in [9.17, 15) is 53.0 Å². The number of benzene rings is 4. The summed E-state index contributed by atoms with van der Waals surface area (Å²) in [7, 11) is 3.02. The van der Waals surface area contributed by atoms with E-state index < -0.39 is 57.2 Å². The van der Waals surface area contributed by atoms with E-state index in [-0.39, 0.29) is 56.0 Å². The number of ketones is 3. The summed E-state index contributed by atoms with van der Waals surface area (Å²) in [6.07, 6.45) is 2.99. The molecule has 17 rings (SSSR count). The Hall–Kier alpha value is -10.9. The van der Waals surface area contributed by atoms with Crippen molar-refractivity contribution in [2.75, 3.05) is 14.2 Å². The zero-order chi connectivity index (χ0) is 68.7. The summed E-state index contributed by atoms with van der Waals surface area (Å²) in [4.78, 5) is 62.0. The predicted molar refractivity (Wildman–Crippen MR) is 373 cm³/mol. The number of thiophene rings is 6. The highest BCUT2D eigenvalue weighted by Gasteiger charge is 2.43. The van der Waals surface area contributed by atoms with Crippen LogP contribution in [0.25, 0.3) is 117 Å². The maximum Gasteiger partial charge on any atom is 0.214 e. The number of nitrogens with zero attached hydrogens (tertiary/aromatic N) is 8. The van der Waals surface area contributed by atoms with Gasteiger partial charge in [0.1, 0.15) is 103 Å². The lowest BCUT2D eigenvalue weighted by Crippen LogP contribution is -2.27. The molecule has 99 heavy (non-hydrogen) atoms. The summed E-state index contributed by atoms with van der Waals surface area (Å²) in [5.74, 6) is -4.49. The van der Waals surface area contributed by atoms with E-state index in [1.165, 1.54) is 94.4 Å². The molecular formula is C73H34F4N8O7S7. The van der Waals surface area contributed by atoms with E-state index in [0.717, 1.165) is 86.1 Å². The third-order valence-electron chi connectivity index (χ3n) is 17.8. The summed E-state index contributed by atoms with van der Waals surface area (Å²) in [5, 5.41) is 39.8. The highest BCUT2D eigenvalue weighted by Crippen LogP contribution is 2.61. The summed E-state index contributed by atoms with van der Waals surface area (Å²) >= 11 is 9.51. The first-order valence-electron chi connectivity index (χ1n) is 29.7. The van der Waals surface area contributed by atoms with Gasteiger partial charge in [-0.25, -0.2) is 27.5 Å². The minimum absolute atomic E-state index is 0.0563. The highest BCUT2D eigenvalue weighted by molar-refractivity contribution is 7.29. The number of methoxy groups -OCH3 is 2. The van der Waals surface area contributed by atoms with Crippen LogP contribution in [0.2, 0.25) is 0 Å². The van der Waals surface area contributed by atoms with Gasteiger partial charge in [0.2, 0.25) is 5.78 Å². The molecule has 0 saturated carbocycles. The van der Waals surface area contributed by atoms with Crippen LogP contribution in [0.3, 0.4) is 0 Å². The maximum absolute atomic E-state index is 14.7. The van der Waals surface area contributed by atoms with Crippen LogP contribution in [0.4, 0.5) is 17.6 Å². The lowest BCUT2D eigenvalue weighted by molar-refractivity contribution is 0.103. The number of ether oxygens (including phenoxy) is 4. The highest BCUT2D eigenvalue weighted by atomic mass is 32.1. The second-order valence-electron chi connectivity index (χ2n) is 24.2. The standard InChI is InChI=1S/C73H34F4N8O7S7/c1-72(2)39-19-49(95-66(39)70-47(91-72)21-51(97-70)68-45(89-5)13-29(93-68)11-37-53(27(23-78)24-79)33-15-41(74)43(76)17-35(33)63(37)86)55-58-59(83-62-57(82-58)31-9-7-8-10-32(31)65(62)88)56(61-60(55)84-99-85-61)50-20-40-67(96-50)71-48(92-73(40,3)4)22-52(98-71)69-46(90-6)14-30(94-69)12-38-54(28(25-80)26-81)34-16-42(75)44(77)18-36(34)64(38)87/h7-22H,1-6H3/b37-11-,38-12-. The molecule has 8 aromatic heterocycles. The predicted octanol–water partition coefficient (Wildman–Crippen LogP) is 19.2. The number of carbonyl (C=O) groups is 3. The van der Waals surface area contributed by atoms with Gasteiger partial charge in [0.05, 0.1) is 65.0 Å². The molecule has 5 aliphatic rings. The van der Waals surface area contributed by atoms with Gasteiger partial charge < -0.3 is 18.9 Å². The molecule has 2 aliphatic heterocycles. The fourth-order valence-corrected chi connectivity index (χ4v) is 21.4. The van der Waals surface area contributed by atoms with Gasteiger partial charge in [-0.2, -0.15) is 29.8 Å². The van der Waals surface area contributed by atoms with E-state index in [1.54, 1.807) is 36.4 Å². The van der Waals surface area contributed by atoms with Crippen LogP contribution in [-0.4, -0.2) is 50.3 Å². The zero-order valence-electron chi connectivity index (χ0n) is 51.5. The number of hydrogen-bond donors (Lipinski definition) is 0. The molecule has 15 nitrogen and oxygen atoms in total. The average Bonchev–Trinajstić information content (AvgIpc) is 1.52. The molecule has 0 spiro atoms. The van der Waals surface area contributed by atoms with Gasteiger partial charge >= 0.3 is 0 Å². The van der Waals surface area contributed by atoms with Crippen LogP contribution in [0, 0.1) is 68.6 Å². The Morgan fingerprint density at radius 1 is 0.465 bits per heavy atom. The SMILES string of the molecule is COc1cc(/C=C2\C(=O)c3cc(F)c(F)cc3C2=C(C#N)C#N)sc1-c1cc2c(s1)-c1sc(-c3c4nsnc4c(-c4cc5c(s4)-c4sc(-c6sc(/C=C7\C(=O)c8cc(F)c(F)cc8C7=C(C#N)C#N)cc6OC)cc4OC5(C)C)c4nc5c(nc34)C(=O)c3ccccc3-5)cc1C(C)(C)O2. The first-order valence-corrected chi connectivity index (χ1v) is 35.3. The van der Waals surface area contributed by atoms with Crippen LogP contribution >= 0.6 is 79.7 Å². The van der Waals surface area contributed by atoms with Gasteiger partial charge in [0.15, 0.2) is 34.8 Å². The van der Waals surface area contributed by atoms with Gasteiger partial charge in [-0.3, -0.25) is 14.4 Å². The third-order valence-corrected chi connectivity index (χ3v) is 25.7. The molecule has 0 unspecified atom stereocenters. The molecule has 12 aromatic rings. The van der Waals surface area contributed by atoms with Crippen LogP contribution in [0.1, 0.15) is 96.5 Å². The van der Waals surface area contributed by atoms with E-state index in [4.69, 9.17) is 37.7 Å². The molecule has 0 amide bonds. The van der Waals surface area contributed by atoms with Crippen LogP contribution in [0.15, 0.2) is 107 Å². The van der Waals surface area contributed by atoms with Gasteiger partial charge in [0, 0.05) is 98.4 Å². The van der Waals surface area contributed by atoms with E-state index in [2.05, 4.69) is 12.1 Å². The smallest absolute Gasteiger partial charge is 0.214 e. The zero-order valence-corrected chi connectivity index (χ0v) is 57.3. The number of Topliss-reactive ketones (excluding diaryl/α,β-unsaturated/α-hetero) is 2. The Morgan fingerprint density at radius 3 is 1.29 bits per heavy atom. The number of hydrogen-bond acceptors (Lipinski definition) is 22. The van der Waals surface area contributed by atoms with Crippen LogP contribution in [0.5, 0.6) is 23.0 Å². The molecule has 3 aliphatic carbocycles. The molecule has 478 valence electrons. The Labute approximate surface area is 585 Å². The van der Waals surface area contributed by atoms with Crippen molar-refractivity contribution < 1.29 is 50.9 Å². The lowest BCUT2D eigenvalue weighted by Gasteiger charge is -2.31. The number of fused-ring (bicyclic) bond motifs is 13. The normalized spacial score (nSPS) is 15.5. The molecule has 0 fully saturated rings. The van der Waals surface area contributed by atoms with Crippen molar-refractivity contribution in [1.82, 2.24) is 18.7 Å². The fraction of sp³-hybridized carbons (Fsp3) is 0.110. The molecular weight excluding hydrogens is 1400 g/mol. The number of aromatic nitrogens is 4. The van der Waals surface area contributed by atoms with Gasteiger partial charge in [0.25, 0.3) is 0 Å². The topological polar surface area (TPSA) is 235 Å². The van der Waals surface area contributed by atoms with Crippen LogP contribution in [-0.2, 0) is 11.2 Å². The van der Waals surface area contributed by atoms with E-state index in [1.807, 2.05) is 64.1 Å². The minimum atomic E-state index is -1.25. The summed E-state index contributed by atoms with van der Waals surface area (Å²) in [6.45, 7) is 7.92. The molecule has 0 radical (unpaired) electrons. The van der Waals surface area contributed by atoms with Crippen molar-refractivity contribution >= 4 is 142 Å². The summed E-state index contributed by atoms with van der Waals surface area (Å²) in [6, 6.07) is 29.1. The second-order valence-corrected chi connectivity index (χ2v) is 31.1. The Morgan fingerprint density at radius 2 is 0.869 bits per heavy atom. The third kappa shape index (κ3) is 9.04. The van der Waals surface area contributed by atoms with Gasteiger partial charge in [-0.1, -0.05) is 24.3 Å². The van der Waals surface area contributed by atoms with Gasteiger partial charge in [-0.15, -0.1) is 68.0 Å². The average molecular weight is 1440 g/mol. The van der Waals surface area contributed by atoms with Crippen molar-refractivity contribution in [3.8, 4) is 118 Å². The Bertz CT molecular complexity index is 6140. The van der Waals surface area contributed by atoms with Crippen molar-refractivity contribution in [3.05, 3.63) is 185 Å². The van der Waals surface area contributed by atoms with E-state index in [0.29, 0.717) is 92.5 Å². The monoisotopic (exact) mass is 1430 g/mol. The van der Waals surface area contributed by atoms with Crippen molar-refractivity contribution in [2.24, 2.45) is 0 Å². The largest absolute Gasteiger partial charge is 0.495 e. The molecule has 0 saturated heterocycles. The Balaban J connectivity index is 0.783. The van der Waals surface area contributed by atoms with Crippen molar-refractivity contribution in [3.63, 3.8) is 0 Å². The van der Waals surface area contributed by atoms with E-state index >= 15 is 0 Å². The number of allylic oxidation sites excluding steroid dienone is 6. The number of rotatable bonds is 8. The molecule has 0 atom stereocenters. The molecule has 4 aromatic carbocycles. The molecule has 26 heteroatoms. The second kappa shape index (κ2) is 22.1. The number of halogens is 4. The number of carbonyl (C=O) groups excluding carboxylic acids is 3. The maximum atomic E-state index is 14.7. The quantitative estimate of drug-likeness (QED) is 0.0781. The fourth-order valence-electron chi connectivity index (χ4n) is 13.3. The summed E-state index contributed by atoms with van der Waals surface area (Å²) < 4.78 is 94.2. The summed E-state index contributed by atoms with van der Waals surface area (Å²) in [5.41, 5.74) is 3.25. The molecule has 10 heterocycles. The lowest BCUT2D eigenvalue weighted by atomic mass is 9.93. The minimum Gasteiger partial charge on any atom is -0.495 e. The first-order chi connectivity index (χ1) is 47.6. The first kappa shape index (κ1) is 61.7. The Kier molecular flexibility index (Phi) is 13.7. The van der Waals surface area contributed by atoms with Crippen molar-refractivity contribution in [1.29, 1.82) is 21.0 Å². The van der Waals surface area contributed by atoms with Crippen LogP contribution < -0.4 is 18.9 Å². The molecule has 0 bridgehead atoms. The number of nitriles is 4.